The molecule has 100 valence electrons. The van der Waals surface area contributed by atoms with Crippen LogP contribution in [0.5, 0.6) is 0 Å². The molecule has 0 fully saturated rings. The molecular formula is C16H20N2O. The van der Waals surface area contributed by atoms with Crippen LogP contribution in [0.3, 0.4) is 0 Å². The number of aromatic nitrogens is 1. The number of hydrogen-bond acceptors (Lipinski definition) is 3. The van der Waals surface area contributed by atoms with Gasteiger partial charge in [0.1, 0.15) is 0 Å². The Hall–Kier alpha value is -1.71. The van der Waals surface area contributed by atoms with Gasteiger partial charge in [0.15, 0.2) is 0 Å². The van der Waals surface area contributed by atoms with Crippen molar-refractivity contribution in [1.82, 2.24) is 10.3 Å². The zero-order valence-electron chi connectivity index (χ0n) is 11.5. The van der Waals surface area contributed by atoms with Gasteiger partial charge in [-0.1, -0.05) is 30.3 Å². The molecule has 19 heavy (non-hydrogen) atoms. The molecule has 1 aromatic carbocycles. The first-order chi connectivity index (χ1) is 9.31. The van der Waals surface area contributed by atoms with E-state index in [0.717, 1.165) is 18.7 Å². The lowest BCUT2D eigenvalue weighted by Crippen LogP contribution is -2.22. The number of pyridine rings is 1. The molecule has 0 radical (unpaired) electrons. The van der Waals surface area contributed by atoms with Crippen LogP contribution >= 0.6 is 0 Å². The van der Waals surface area contributed by atoms with Crippen molar-refractivity contribution in [1.29, 1.82) is 0 Å². The number of nitrogens with one attached hydrogen (secondary N) is 1. The number of ether oxygens (including phenoxy) is 1. The van der Waals surface area contributed by atoms with E-state index in [4.69, 9.17) is 4.74 Å². The van der Waals surface area contributed by atoms with E-state index in [2.05, 4.69) is 47.6 Å². The second-order valence-electron chi connectivity index (χ2n) is 4.53. The predicted octanol–water partition coefficient (Wildman–Crippen LogP) is 3.05. The highest BCUT2D eigenvalue weighted by molar-refractivity contribution is 5.62. The van der Waals surface area contributed by atoms with Crippen molar-refractivity contribution in [2.45, 2.75) is 13.0 Å². The minimum atomic E-state index is 0.332. The summed E-state index contributed by atoms with van der Waals surface area (Å²) in [6.07, 6.45) is 3.68. The van der Waals surface area contributed by atoms with Crippen LogP contribution < -0.4 is 5.32 Å². The predicted molar refractivity (Wildman–Crippen MR) is 78.0 cm³/mol. The second kappa shape index (κ2) is 7.02. The Morgan fingerprint density at radius 1 is 1.16 bits per heavy atom. The van der Waals surface area contributed by atoms with Crippen molar-refractivity contribution in [3.8, 4) is 11.1 Å². The summed E-state index contributed by atoms with van der Waals surface area (Å²) in [5.41, 5.74) is 3.62. The Bertz CT molecular complexity index is 482. The van der Waals surface area contributed by atoms with E-state index in [-0.39, 0.29) is 0 Å². The number of rotatable bonds is 6. The fraction of sp³-hybridized carbons (Fsp3) is 0.312. The van der Waals surface area contributed by atoms with E-state index >= 15 is 0 Å². The Morgan fingerprint density at radius 3 is 2.58 bits per heavy atom. The first-order valence-electron chi connectivity index (χ1n) is 6.54. The lowest BCUT2D eigenvalue weighted by Gasteiger charge is -2.14. The summed E-state index contributed by atoms with van der Waals surface area (Å²) in [5, 5.41) is 3.42. The Morgan fingerprint density at radius 2 is 1.95 bits per heavy atom. The molecule has 2 rings (SSSR count). The average Bonchev–Trinajstić information content (AvgIpc) is 2.48. The second-order valence-corrected chi connectivity index (χ2v) is 4.53. The number of benzene rings is 1. The molecule has 0 amide bonds. The van der Waals surface area contributed by atoms with Crippen molar-refractivity contribution in [3.05, 3.63) is 54.4 Å². The molecule has 0 aliphatic carbocycles. The van der Waals surface area contributed by atoms with Gasteiger partial charge in [0.2, 0.25) is 0 Å². The topological polar surface area (TPSA) is 34.1 Å². The maximum absolute atomic E-state index is 5.04. The fourth-order valence-electron chi connectivity index (χ4n) is 1.99. The molecule has 1 heterocycles. The van der Waals surface area contributed by atoms with E-state index < -0.39 is 0 Å². The third-order valence-electron chi connectivity index (χ3n) is 3.16. The summed E-state index contributed by atoms with van der Waals surface area (Å²) in [6, 6.07) is 13.0. The Balaban J connectivity index is 2.02. The van der Waals surface area contributed by atoms with Gasteiger partial charge in [-0.3, -0.25) is 4.98 Å². The van der Waals surface area contributed by atoms with E-state index in [1.54, 1.807) is 13.3 Å². The molecule has 0 aliphatic heterocycles. The monoisotopic (exact) mass is 256 g/mol. The van der Waals surface area contributed by atoms with E-state index in [1.807, 2.05) is 12.3 Å². The highest BCUT2D eigenvalue weighted by atomic mass is 16.5. The van der Waals surface area contributed by atoms with Gasteiger partial charge in [-0.05, 0) is 29.7 Å². The van der Waals surface area contributed by atoms with Crippen LogP contribution in [0.2, 0.25) is 0 Å². The SMILES string of the molecule is COCCN[C@@H](C)c1ccc(-c2cccnc2)cc1. The van der Waals surface area contributed by atoms with Gasteiger partial charge in [-0.2, -0.15) is 0 Å². The highest BCUT2D eigenvalue weighted by Gasteiger charge is 2.04. The smallest absolute Gasteiger partial charge is 0.0587 e. The molecule has 3 heteroatoms. The molecule has 3 nitrogen and oxygen atoms in total. The summed E-state index contributed by atoms with van der Waals surface area (Å²) in [5.74, 6) is 0. The minimum Gasteiger partial charge on any atom is -0.383 e. The molecule has 1 N–H and O–H groups in total. The average molecular weight is 256 g/mol. The first-order valence-corrected chi connectivity index (χ1v) is 6.54. The lowest BCUT2D eigenvalue weighted by atomic mass is 10.0. The summed E-state index contributed by atoms with van der Waals surface area (Å²) < 4.78 is 5.04. The summed E-state index contributed by atoms with van der Waals surface area (Å²) in [4.78, 5) is 4.14. The fourth-order valence-corrected chi connectivity index (χ4v) is 1.99. The van der Waals surface area contributed by atoms with Gasteiger partial charge in [0, 0.05) is 32.1 Å². The standard InChI is InChI=1S/C16H20N2O/c1-13(18-10-11-19-2)14-5-7-15(8-6-14)16-4-3-9-17-12-16/h3-9,12-13,18H,10-11H2,1-2H3/t13-/m0/s1. The minimum absolute atomic E-state index is 0.332. The maximum Gasteiger partial charge on any atom is 0.0587 e. The maximum atomic E-state index is 5.04. The zero-order valence-corrected chi connectivity index (χ0v) is 11.5. The van der Waals surface area contributed by atoms with Gasteiger partial charge < -0.3 is 10.1 Å². The Labute approximate surface area is 114 Å². The lowest BCUT2D eigenvalue weighted by molar-refractivity contribution is 0.196. The zero-order chi connectivity index (χ0) is 13.5. The van der Waals surface area contributed by atoms with Crippen molar-refractivity contribution >= 4 is 0 Å². The largest absolute Gasteiger partial charge is 0.383 e. The molecule has 0 saturated heterocycles. The molecule has 0 aliphatic rings. The van der Waals surface area contributed by atoms with Crippen molar-refractivity contribution in [3.63, 3.8) is 0 Å². The number of nitrogens with zero attached hydrogens (tertiary/aromatic N) is 1. The Kier molecular flexibility index (Phi) is 5.07. The van der Waals surface area contributed by atoms with E-state index in [0.29, 0.717) is 6.04 Å². The summed E-state index contributed by atoms with van der Waals surface area (Å²) in [6.45, 7) is 3.76. The molecule has 0 spiro atoms. The number of methoxy groups -OCH3 is 1. The van der Waals surface area contributed by atoms with Crippen LogP contribution in [0.4, 0.5) is 0 Å². The third-order valence-corrected chi connectivity index (χ3v) is 3.16. The van der Waals surface area contributed by atoms with Gasteiger partial charge in [0.25, 0.3) is 0 Å². The van der Waals surface area contributed by atoms with Crippen molar-refractivity contribution < 1.29 is 4.74 Å². The molecule has 2 aromatic rings. The number of hydrogen-bond donors (Lipinski definition) is 1. The molecule has 0 saturated carbocycles. The van der Waals surface area contributed by atoms with Gasteiger partial charge in [-0.15, -0.1) is 0 Å². The molecule has 1 atom stereocenters. The molecule has 0 unspecified atom stereocenters. The van der Waals surface area contributed by atoms with Gasteiger partial charge in [0.05, 0.1) is 6.61 Å². The van der Waals surface area contributed by atoms with Crippen molar-refractivity contribution in [2.75, 3.05) is 20.3 Å². The van der Waals surface area contributed by atoms with Crippen LogP contribution in [0.25, 0.3) is 11.1 Å². The van der Waals surface area contributed by atoms with Gasteiger partial charge >= 0.3 is 0 Å². The quantitative estimate of drug-likeness (QED) is 0.807. The first kappa shape index (κ1) is 13.7. The summed E-state index contributed by atoms with van der Waals surface area (Å²) in [7, 11) is 1.72. The van der Waals surface area contributed by atoms with Crippen LogP contribution in [0.15, 0.2) is 48.8 Å². The normalized spacial score (nSPS) is 12.3. The van der Waals surface area contributed by atoms with Crippen LogP contribution in [-0.4, -0.2) is 25.2 Å². The van der Waals surface area contributed by atoms with Crippen LogP contribution in [-0.2, 0) is 4.74 Å². The van der Waals surface area contributed by atoms with Gasteiger partial charge in [-0.25, -0.2) is 0 Å². The molecule has 1 aromatic heterocycles. The van der Waals surface area contributed by atoms with Crippen LogP contribution in [0, 0.1) is 0 Å². The molecule has 0 bridgehead atoms. The third kappa shape index (κ3) is 3.88. The summed E-state index contributed by atoms with van der Waals surface area (Å²) >= 11 is 0. The van der Waals surface area contributed by atoms with Crippen LogP contribution in [0.1, 0.15) is 18.5 Å². The van der Waals surface area contributed by atoms with Crippen molar-refractivity contribution in [2.24, 2.45) is 0 Å². The van der Waals surface area contributed by atoms with E-state index in [9.17, 15) is 0 Å². The highest BCUT2D eigenvalue weighted by Crippen LogP contribution is 2.20. The molecular weight excluding hydrogens is 236 g/mol. The van der Waals surface area contributed by atoms with E-state index in [1.165, 1.54) is 11.1 Å².